The van der Waals surface area contributed by atoms with E-state index >= 15 is 0 Å². The van der Waals surface area contributed by atoms with Crippen LogP contribution in [-0.2, 0) is 11.3 Å². The zero-order valence-corrected chi connectivity index (χ0v) is 21.5. The summed E-state index contributed by atoms with van der Waals surface area (Å²) in [6, 6.07) is 24.8. The lowest BCUT2D eigenvalue weighted by molar-refractivity contribution is -0.111. The predicted octanol–water partition coefficient (Wildman–Crippen LogP) is 6.72. The average Bonchev–Trinajstić information content (AvgIpc) is 3.38. The number of likely N-dealkylation sites (tertiary alicyclic amines) is 2. The van der Waals surface area contributed by atoms with Crippen molar-refractivity contribution in [3.05, 3.63) is 95.0 Å². The molecule has 186 valence electrons. The molecule has 36 heavy (non-hydrogen) atoms. The maximum Gasteiger partial charge on any atom is 0.248 e. The van der Waals surface area contributed by atoms with Crippen molar-refractivity contribution in [3.8, 4) is 11.1 Å². The molecule has 1 N–H and O–H groups in total. The molecular formula is C31H34ClN3O. The van der Waals surface area contributed by atoms with Gasteiger partial charge in [0.2, 0.25) is 5.91 Å². The summed E-state index contributed by atoms with van der Waals surface area (Å²) in [5.74, 6) is -0.140. The first-order valence-corrected chi connectivity index (χ1v) is 13.4. The fraction of sp³-hybridized carbons (Fsp3) is 0.323. The molecule has 1 atom stereocenters. The molecule has 4 nitrogen and oxygen atoms in total. The van der Waals surface area contributed by atoms with Gasteiger partial charge in [0, 0.05) is 42.5 Å². The molecule has 0 aliphatic carbocycles. The Morgan fingerprint density at radius 1 is 0.861 bits per heavy atom. The number of hydrogen-bond acceptors (Lipinski definition) is 3. The van der Waals surface area contributed by atoms with Crippen LogP contribution < -0.4 is 5.32 Å². The van der Waals surface area contributed by atoms with Gasteiger partial charge in [-0.15, -0.1) is 0 Å². The predicted molar refractivity (Wildman–Crippen MR) is 150 cm³/mol. The van der Waals surface area contributed by atoms with E-state index in [0.717, 1.165) is 40.0 Å². The van der Waals surface area contributed by atoms with Crippen LogP contribution in [0.3, 0.4) is 0 Å². The number of nitrogens with zero attached hydrogens (tertiary/aromatic N) is 2. The van der Waals surface area contributed by atoms with E-state index in [-0.39, 0.29) is 5.91 Å². The minimum Gasteiger partial charge on any atom is -0.323 e. The topological polar surface area (TPSA) is 35.6 Å². The van der Waals surface area contributed by atoms with Crippen molar-refractivity contribution < 1.29 is 4.79 Å². The fourth-order valence-electron chi connectivity index (χ4n) is 5.27. The summed E-state index contributed by atoms with van der Waals surface area (Å²) in [6.07, 6.45) is 8.86. The molecule has 0 spiro atoms. The first-order valence-electron chi connectivity index (χ1n) is 13.0. The first-order chi connectivity index (χ1) is 17.6. The van der Waals surface area contributed by atoms with Crippen LogP contribution in [0.1, 0.15) is 36.8 Å². The van der Waals surface area contributed by atoms with Gasteiger partial charge < -0.3 is 5.32 Å². The fourth-order valence-corrected chi connectivity index (χ4v) is 5.40. The summed E-state index contributed by atoms with van der Waals surface area (Å²) in [4.78, 5) is 17.7. The third-order valence-electron chi connectivity index (χ3n) is 7.30. The molecular weight excluding hydrogens is 466 g/mol. The maximum atomic E-state index is 12.4. The largest absolute Gasteiger partial charge is 0.323 e. The van der Waals surface area contributed by atoms with Gasteiger partial charge in [-0.1, -0.05) is 66.6 Å². The monoisotopic (exact) mass is 499 g/mol. The van der Waals surface area contributed by atoms with Crippen LogP contribution in [0, 0.1) is 0 Å². The lowest BCUT2D eigenvalue weighted by Gasteiger charge is -2.32. The molecule has 2 fully saturated rings. The molecule has 0 aromatic heterocycles. The highest BCUT2D eigenvalue weighted by Crippen LogP contribution is 2.24. The maximum absolute atomic E-state index is 12.4. The summed E-state index contributed by atoms with van der Waals surface area (Å²) >= 11 is 5.97. The molecule has 2 heterocycles. The zero-order valence-electron chi connectivity index (χ0n) is 20.7. The van der Waals surface area contributed by atoms with Crippen LogP contribution in [0.2, 0.25) is 5.02 Å². The Hall–Kier alpha value is -2.92. The molecule has 2 aliphatic rings. The van der Waals surface area contributed by atoms with Crippen LogP contribution in [0.5, 0.6) is 0 Å². The van der Waals surface area contributed by atoms with Crippen molar-refractivity contribution in [1.82, 2.24) is 9.80 Å². The van der Waals surface area contributed by atoms with Crippen molar-refractivity contribution in [2.75, 3.05) is 31.5 Å². The highest BCUT2D eigenvalue weighted by atomic mass is 35.5. The van der Waals surface area contributed by atoms with Crippen LogP contribution >= 0.6 is 11.6 Å². The van der Waals surface area contributed by atoms with Crippen LogP contribution in [-0.4, -0.2) is 47.9 Å². The molecule has 2 saturated heterocycles. The van der Waals surface area contributed by atoms with Gasteiger partial charge >= 0.3 is 0 Å². The van der Waals surface area contributed by atoms with E-state index in [2.05, 4.69) is 39.4 Å². The normalized spacial score (nSPS) is 19.1. The minimum atomic E-state index is -0.140. The van der Waals surface area contributed by atoms with Gasteiger partial charge in [0.1, 0.15) is 0 Å². The van der Waals surface area contributed by atoms with Gasteiger partial charge in [0.25, 0.3) is 0 Å². The second-order valence-corrected chi connectivity index (χ2v) is 10.4. The van der Waals surface area contributed by atoms with Crippen LogP contribution in [0.15, 0.2) is 78.9 Å². The molecule has 2 aliphatic heterocycles. The Morgan fingerprint density at radius 3 is 2.22 bits per heavy atom. The summed E-state index contributed by atoms with van der Waals surface area (Å²) in [5.41, 5.74) is 5.30. The smallest absolute Gasteiger partial charge is 0.248 e. The third kappa shape index (κ3) is 6.64. The summed E-state index contributed by atoms with van der Waals surface area (Å²) in [5, 5.41) is 3.65. The molecule has 1 amide bonds. The molecule has 0 bridgehead atoms. The lowest BCUT2D eigenvalue weighted by atomic mass is 10.1. The number of anilines is 1. The Bertz CT molecular complexity index is 1170. The number of carbonyl (C=O) groups excluding carboxylic acids is 1. The number of piperidine rings is 1. The average molecular weight is 500 g/mol. The number of halogens is 1. The summed E-state index contributed by atoms with van der Waals surface area (Å²) in [6.45, 7) is 5.93. The van der Waals surface area contributed by atoms with E-state index < -0.39 is 0 Å². The molecule has 3 aromatic rings. The summed E-state index contributed by atoms with van der Waals surface area (Å²) < 4.78 is 0. The second-order valence-electron chi connectivity index (χ2n) is 9.92. The van der Waals surface area contributed by atoms with E-state index in [1.807, 2.05) is 54.6 Å². The van der Waals surface area contributed by atoms with E-state index in [1.165, 1.54) is 57.4 Å². The standard InChI is InChI=1S/C31H34ClN3O/c32-28-13-9-26(10-14-28)27-11-15-29(16-12-27)33-31(36)17-8-24-4-6-25(7-5-24)22-34-21-18-30(23-34)35-19-2-1-3-20-35/h4-17,30H,1-3,18-23H2,(H,33,36). The number of amides is 1. The number of benzene rings is 3. The minimum absolute atomic E-state index is 0.140. The van der Waals surface area contributed by atoms with Gasteiger partial charge in [-0.25, -0.2) is 0 Å². The SMILES string of the molecule is O=C(C=Cc1ccc(CN2CCC(N3CCCCC3)C2)cc1)Nc1ccc(-c2ccc(Cl)cc2)cc1. The molecule has 0 radical (unpaired) electrons. The third-order valence-corrected chi connectivity index (χ3v) is 7.55. The molecule has 1 unspecified atom stereocenters. The van der Waals surface area contributed by atoms with Crippen molar-refractivity contribution in [2.45, 2.75) is 38.3 Å². The van der Waals surface area contributed by atoms with E-state index in [4.69, 9.17) is 11.6 Å². The molecule has 5 rings (SSSR count). The van der Waals surface area contributed by atoms with Crippen molar-refractivity contribution in [3.63, 3.8) is 0 Å². The van der Waals surface area contributed by atoms with E-state index in [9.17, 15) is 4.79 Å². The Labute approximate surface area is 219 Å². The van der Waals surface area contributed by atoms with Gasteiger partial charge in [0.05, 0.1) is 0 Å². The summed E-state index contributed by atoms with van der Waals surface area (Å²) in [7, 11) is 0. The number of nitrogens with one attached hydrogen (secondary N) is 1. The van der Waals surface area contributed by atoms with Crippen molar-refractivity contribution in [2.24, 2.45) is 0 Å². The molecule has 3 aromatic carbocycles. The Balaban J connectivity index is 1.09. The van der Waals surface area contributed by atoms with Gasteiger partial charge in [-0.05, 0) is 84.9 Å². The Kier molecular flexibility index (Phi) is 8.17. The first kappa shape index (κ1) is 24.8. The Morgan fingerprint density at radius 2 is 1.53 bits per heavy atom. The molecule has 0 saturated carbocycles. The van der Waals surface area contributed by atoms with Gasteiger partial charge in [-0.3, -0.25) is 14.6 Å². The number of carbonyl (C=O) groups is 1. The number of rotatable bonds is 7. The van der Waals surface area contributed by atoms with E-state index in [0.29, 0.717) is 0 Å². The second kappa shape index (κ2) is 11.9. The van der Waals surface area contributed by atoms with E-state index in [1.54, 1.807) is 6.08 Å². The zero-order chi connectivity index (χ0) is 24.7. The quantitative estimate of drug-likeness (QED) is 0.366. The lowest BCUT2D eigenvalue weighted by Crippen LogP contribution is -2.40. The van der Waals surface area contributed by atoms with Crippen LogP contribution in [0.4, 0.5) is 5.69 Å². The van der Waals surface area contributed by atoms with Crippen molar-refractivity contribution >= 4 is 29.3 Å². The van der Waals surface area contributed by atoms with Gasteiger partial charge in [0.15, 0.2) is 0 Å². The van der Waals surface area contributed by atoms with Crippen molar-refractivity contribution in [1.29, 1.82) is 0 Å². The van der Waals surface area contributed by atoms with Gasteiger partial charge in [-0.2, -0.15) is 0 Å². The number of hydrogen-bond donors (Lipinski definition) is 1. The molecule has 5 heteroatoms. The highest BCUT2D eigenvalue weighted by Gasteiger charge is 2.28. The van der Waals surface area contributed by atoms with Crippen LogP contribution in [0.25, 0.3) is 17.2 Å². The highest BCUT2D eigenvalue weighted by molar-refractivity contribution is 6.30.